The van der Waals surface area contributed by atoms with Gasteiger partial charge in [-0.1, -0.05) is 22.9 Å². The number of carbonyl (C=O) groups excluding carboxylic acids is 1. The molecule has 4 nitrogen and oxygen atoms in total. The number of amides is 1. The second-order valence-electron chi connectivity index (χ2n) is 3.87. The lowest BCUT2D eigenvalue weighted by Crippen LogP contribution is -2.36. The molecular formula is C13H16BrN3O. The number of anilines is 1. The van der Waals surface area contributed by atoms with Gasteiger partial charge in [0.25, 0.3) is 0 Å². The van der Waals surface area contributed by atoms with Crippen molar-refractivity contribution in [2.45, 2.75) is 13.3 Å². The summed E-state index contributed by atoms with van der Waals surface area (Å²) in [5.74, 6) is -0.0627. The molecule has 1 aromatic rings. The molecule has 0 radical (unpaired) electrons. The molecule has 0 atom stereocenters. The molecule has 0 spiro atoms. The Morgan fingerprint density at radius 1 is 1.56 bits per heavy atom. The molecule has 1 amide bonds. The Morgan fingerprint density at radius 3 is 2.83 bits per heavy atom. The normalized spacial score (nSPS) is 9.67. The molecule has 0 aliphatic carbocycles. The van der Waals surface area contributed by atoms with Gasteiger partial charge in [-0.2, -0.15) is 5.26 Å². The fourth-order valence-electron chi connectivity index (χ4n) is 1.67. The maximum Gasteiger partial charge on any atom is 0.239 e. The van der Waals surface area contributed by atoms with Crippen molar-refractivity contribution in [3.05, 3.63) is 28.2 Å². The van der Waals surface area contributed by atoms with E-state index in [1.807, 2.05) is 24.0 Å². The van der Waals surface area contributed by atoms with Gasteiger partial charge < -0.3 is 10.2 Å². The highest BCUT2D eigenvalue weighted by molar-refractivity contribution is 9.10. The van der Waals surface area contributed by atoms with E-state index in [1.165, 1.54) is 0 Å². The zero-order chi connectivity index (χ0) is 13.5. The molecule has 0 bridgehead atoms. The van der Waals surface area contributed by atoms with Crippen LogP contribution in [0.15, 0.2) is 22.7 Å². The van der Waals surface area contributed by atoms with E-state index in [4.69, 9.17) is 5.26 Å². The molecule has 0 aliphatic rings. The van der Waals surface area contributed by atoms with Crippen LogP contribution in [0.3, 0.4) is 0 Å². The molecule has 5 heteroatoms. The van der Waals surface area contributed by atoms with Gasteiger partial charge in [-0.25, -0.2) is 0 Å². The Morgan fingerprint density at radius 2 is 2.28 bits per heavy atom. The molecule has 1 N–H and O–H groups in total. The average molecular weight is 310 g/mol. The predicted octanol–water partition coefficient (Wildman–Crippen LogP) is 2.28. The summed E-state index contributed by atoms with van der Waals surface area (Å²) in [6.07, 6.45) is 0.911. The number of carbonyl (C=O) groups is 1. The van der Waals surface area contributed by atoms with Gasteiger partial charge in [-0.15, -0.1) is 0 Å². The van der Waals surface area contributed by atoms with Crippen molar-refractivity contribution in [1.29, 1.82) is 5.26 Å². The van der Waals surface area contributed by atoms with Crippen molar-refractivity contribution in [3.8, 4) is 6.07 Å². The maximum absolute atomic E-state index is 11.5. The quantitative estimate of drug-likeness (QED) is 0.908. The highest BCUT2D eigenvalue weighted by atomic mass is 79.9. The van der Waals surface area contributed by atoms with Crippen LogP contribution in [0.4, 0.5) is 5.69 Å². The summed E-state index contributed by atoms with van der Waals surface area (Å²) < 4.78 is 0.898. The monoisotopic (exact) mass is 309 g/mol. The summed E-state index contributed by atoms with van der Waals surface area (Å²) in [6.45, 7) is 3.04. The molecule has 18 heavy (non-hydrogen) atoms. The lowest BCUT2D eigenvalue weighted by atomic mass is 10.1. The highest BCUT2D eigenvalue weighted by Gasteiger charge is 2.14. The van der Waals surface area contributed by atoms with E-state index < -0.39 is 0 Å². The minimum Gasteiger partial charge on any atom is -0.361 e. The first-order valence-electron chi connectivity index (χ1n) is 5.77. The number of halogens is 1. The fraction of sp³-hybridized carbons (Fsp3) is 0.385. The number of nitrogens with zero attached hydrogens (tertiary/aromatic N) is 2. The van der Waals surface area contributed by atoms with Crippen LogP contribution in [-0.4, -0.2) is 26.0 Å². The number of rotatable bonds is 5. The standard InChI is InChI=1S/C13H16BrN3O/c1-3-6-17(9-13(18)16-2)12-7-11(14)5-4-10(12)8-15/h4-5,7H,3,6,9H2,1-2H3,(H,16,18). The van der Waals surface area contributed by atoms with Gasteiger partial charge in [0.2, 0.25) is 5.91 Å². The minimum atomic E-state index is -0.0627. The van der Waals surface area contributed by atoms with Gasteiger partial charge >= 0.3 is 0 Å². The van der Waals surface area contributed by atoms with Crippen LogP contribution in [0.1, 0.15) is 18.9 Å². The number of hydrogen-bond acceptors (Lipinski definition) is 3. The van der Waals surface area contributed by atoms with E-state index in [0.717, 1.165) is 23.1 Å². The molecular weight excluding hydrogens is 294 g/mol. The fourth-order valence-corrected chi connectivity index (χ4v) is 2.02. The highest BCUT2D eigenvalue weighted by Crippen LogP contribution is 2.24. The van der Waals surface area contributed by atoms with Crippen LogP contribution < -0.4 is 10.2 Å². The van der Waals surface area contributed by atoms with E-state index in [2.05, 4.69) is 27.3 Å². The third-order valence-electron chi connectivity index (χ3n) is 2.53. The van der Waals surface area contributed by atoms with Gasteiger partial charge in [0.1, 0.15) is 6.07 Å². The van der Waals surface area contributed by atoms with E-state index in [0.29, 0.717) is 5.56 Å². The Hall–Kier alpha value is -1.54. The van der Waals surface area contributed by atoms with E-state index in [-0.39, 0.29) is 12.5 Å². The van der Waals surface area contributed by atoms with E-state index in [1.54, 1.807) is 13.1 Å². The number of nitriles is 1. The number of likely N-dealkylation sites (N-methyl/N-ethyl adjacent to an activating group) is 1. The Balaban J connectivity index is 3.08. The molecule has 0 saturated carbocycles. The van der Waals surface area contributed by atoms with Crippen molar-refractivity contribution >= 4 is 27.5 Å². The zero-order valence-corrected chi connectivity index (χ0v) is 12.1. The second kappa shape index (κ2) is 7.02. The third-order valence-corrected chi connectivity index (χ3v) is 3.02. The molecule has 0 aromatic heterocycles. The first-order chi connectivity index (χ1) is 8.62. The summed E-state index contributed by atoms with van der Waals surface area (Å²) in [5.41, 5.74) is 1.37. The van der Waals surface area contributed by atoms with Gasteiger partial charge in [-0.3, -0.25) is 4.79 Å². The molecule has 0 aliphatic heterocycles. The Labute approximate surface area is 116 Å². The topological polar surface area (TPSA) is 56.1 Å². The minimum absolute atomic E-state index is 0.0627. The molecule has 0 fully saturated rings. The van der Waals surface area contributed by atoms with Crippen LogP contribution in [0.2, 0.25) is 0 Å². The molecule has 96 valence electrons. The Bertz CT molecular complexity index is 468. The number of hydrogen-bond donors (Lipinski definition) is 1. The largest absolute Gasteiger partial charge is 0.361 e. The molecule has 0 saturated heterocycles. The predicted molar refractivity (Wildman–Crippen MR) is 75.4 cm³/mol. The second-order valence-corrected chi connectivity index (χ2v) is 4.78. The van der Waals surface area contributed by atoms with Crippen molar-refractivity contribution < 1.29 is 4.79 Å². The first kappa shape index (κ1) is 14.5. The van der Waals surface area contributed by atoms with Gasteiger partial charge in [0.15, 0.2) is 0 Å². The zero-order valence-electron chi connectivity index (χ0n) is 10.5. The van der Waals surface area contributed by atoms with Crippen LogP contribution in [0.25, 0.3) is 0 Å². The van der Waals surface area contributed by atoms with Crippen molar-refractivity contribution in [2.24, 2.45) is 0 Å². The van der Waals surface area contributed by atoms with Crippen LogP contribution in [0.5, 0.6) is 0 Å². The SMILES string of the molecule is CCCN(CC(=O)NC)c1cc(Br)ccc1C#N. The summed E-state index contributed by atoms with van der Waals surface area (Å²) >= 11 is 3.39. The van der Waals surface area contributed by atoms with Crippen molar-refractivity contribution in [2.75, 3.05) is 25.0 Å². The summed E-state index contributed by atoms with van der Waals surface area (Å²) in [7, 11) is 1.61. The van der Waals surface area contributed by atoms with Gasteiger partial charge in [-0.05, 0) is 24.6 Å². The summed E-state index contributed by atoms with van der Waals surface area (Å²) in [4.78, 5) is 13.4. The lowest BCUT2D eigenvalue weighted by molar-refractivity contribution is -0.119. The Kier molecular flexibility index (Phi) is 5.66. The average Bonchev–Trinajstić information content (AvgIpc) is 2.38. The van der Waals surface area contributed by atoms with Gasteiger partial charge in [0, 0.05) is 18.1 Å². The van der Waals surface area contributed by atoms with Gasteiger partial charge in [0.05, 0.1) is 17.8 Å². The summed E-state index contributed by atoms with van der Waals surface area (Å²) in [5, 5.41) is 11.7. The van der Waals surface area contributed by atoms with E-state index in [9.17, 15) is 4.79 Å². The lowest BCUT2D eigenvalue weighted by Gasteiger charge is -2.24. The van der Waals surface area contributed by atoms with Crippen LogP contribution >= 0.6 is 15.9 Å². The van der Waals surface area contributed by atoms with Crippen molar-refractivity contribution in [3.63, 3.8) is 0 Å². The third kappa shape index (κ3) is 3.74. The smallest absolute Gasteiger partial charge is 0.239 e. The van der Waals surface area contributed by atoms with Crippen molar-refractivity contribution in [1.82, 2.24) is 5.32 Å². The molecule has 0 heterocycles. The molecule has 1 rings (SSSR count). The first-order valence-corrected chi connectivity index (χ1v) is 6.56. The number of nitrogens with one attached hydrogen (secondary N) is 1. The van der Waals surface area contributed by atoms with Crippen LogP contribution in [-0.2, 0) is 4.79 Å². The molecule has 0 unspecified atom stereocenters. The summed E-state index contributed by atoms with van der Waals surface area (Å²) in [6, 6.07) is 7.61. The molecule has 1 aromatic carbocycles. The van der Waals surface area contributed by atoms with Crippen LogP contribution in [0, 0.1) is 11.3 Å². The maximum atomic E-state index is 11.5. The van der Waals surface area contributed by atoms with E-state index >= 15 is 0 Å². The number of benzene rings is 1.